The highest BCUT2D eigenvalue weighted by atomic mass is 19.1. The Morgan fingerprint density at radius 2 is 2.03 bits per heavy atom. The molecule has 1 aliphatic heterocycles. The van der Waals surface area contributed by atoms with Crippen molar-refractivity contribution < 1.29 is 14.2 Å². The number of morpholine rings is 1. The Kier molecular flexibility index (Phi) is 9.29. The molecule has 0 aliphatic carbocycles. The maximum absolute atomic E-state index is 14.0. The molecule has 164 valence electrons. The van der Waals surface area contributed by atoms with E-state index in [1.807, 2.05) is 38.9 Å². The van der Waals surface area contributed by atoms with Crippen LogP contribution in [0, 0.1) is 5.82 Å². The molecular formula is C21H36FN5O2. The molecular weight excluding hydrogens is 373 g/mol. The summed E-state index contributed by atoms with van der Waals surface area (Å²) in [6, 6.07) is 5.12. The standard InChI is InChI=1S/C21H36FN5O2/c1-5-23-20(25-15-21(2,28)16-27-8-10-29-11-9-27)24-13-17-6-7-19(22)18(12-17)14-26(3)4/h6-7,12,28H,5,8-11,13-16H2,1-4H3,(H2,23,24,25). The van der Waals surface area contributed by atoms with Crippen LogP contribution < -0.4 is 10.6 Å². The molecule has 1 aliphatic rings. The van der Waals surface area contributed by atoms with Gasteiger partial charge in [-0.3, -0.25) is 4.90 Å². The third kappa shape index (κ3) is 8.65. The van der Waals surface area contributed by atoms with Crippen molar-refractivity contribution in [2.45, 2.75) is 32.5 Å². The van der Waals surface area contributed by atoms with Crippen LogP contribution in [-0.4, -0.2) is 86.5 Å². The number of aliphatic imine (C=N–C) groups is 1. The summed E-state index contributed by atoms with van der Waals surface area (Å²) < 4.78 is 19.3. The zero-order chi connectivity index (χ0) is 21.3. The first-order valence-corrected chi connectivity index (χ1v) is 10.3. The van der Waals surface area contributed by atoms with Crippen LogP contribution in [0.15, 0.2) is 23.2 Å². The molecule has 1 saturated heterocycles. The van der Waals surface area contributed by atoms with Crippen molar-refractivity contribution in [3.05, 3.63) is 35.1 Å². The summed E-state index contributed by atoms with van der Waals surface area (Å²) in [4.78, 5) is 8.74. The van der Waals surface area contributed by atoms with Crippen LogP contribution in [0.25, 0.3) is 0 Å². The van der Waals surface area contributed by atoms with E-state index in [4.69, 9.17) is 4.74 Å². The molecule has 1 fully saturated rings. The van der Waals surface area contributed by atoms with Gasteiger partial charge in [0.15, 0.2) is 5.96 Å². The monoisotopic (exact) mass is 409 g/mol. The Bertz CT molecular complexity index is 660. The SMILES string of the molecule is CCNC(=NCc1ccc(F)c(CN(C)C)c1)NCC(C)(O)CN1CCOCC1. The van der Waals surface area contributed by atoms with Crippen molar-refractivity contribution in [2.24, 2.45) is 4.99 Å². The molecule has 0 bridgehead atoms. The number of benzene rings is 1. The molecule has 2 rings (SSSR count). The first-order chi connectivity index (χ1) is 13.8. The van der Waals surface area contributed by atoms with Gasteiger partial charge >= 0.3 is 0 Å². The summed E-state index contributed by atoms with van der Waals surface area (Å²) in [6.45, 7) is 9.57. The molecule has 1 aromatic rings. The first kappa shape index (κ1) is 23.5. The molecule has 0 saturated carbocycles. The van der Waals surface area contributed by atoms with Gasteiger partial charge < -0.3 is 25.4 Å². The molecule has 8 heteroatoms. The minimum Gasteiger partial charge on any atom is -0.387 e. The van der Waals surface area contributed by atoms with Crippen molar-refractivity contribution in [2.75, 3.05) is 60.0 Å². The number of ether oxygens (including phenoxy) is 1. The molecule has 1 unspecified atom stereocenters. The van der Waals surface area contributed by atoms with Gasteiger partial charge in [-0.2, -0.15) is 0 Å². The van der Waals surface area contributed by atoms with E-state index in [-0.39, 0.29) is 5.82 Å². The maximum Gasteiger partial charge on any atom is 0.191 e. The Balaban J connectivity index is 1.95. The van der Waals surface area contributed by atoms with Crippen LogP contribution in [0.4, 0.5) is 4.39 Å². The van der Waals surface area contributed by atoms with Crippen LogP contribution in [-0.2, 0) is 17.8 Å². The highest BCUT2D eigenvalue weighted by Crippen LogP contribution is 2.13. The Morgan fingerprint density at radius 3 is 2.69 bits per heavy atom. The van der Waals surface area contributed by atoms with Gasteiger partial charge in [0.1, 0.15) is 5.82 Å². The summed E-state index contributed by atoms with van der Waals surface area (Å²) in [5, 5.41) is 17.2. The molecule has 1 heterocycles. The summed E-state index contributed by atoms with van der Waals surface area (Å²) in [7, 11) is 3.83. The lowest BCUT2D eigenvalue weighted by molar-refractivity contribution is -0.0201. The lowest BCUT2D eigenvalue weighted by atomic mass is 10.1. The van der Waals surface area contributed by atoms with E-state index >= 15 is 0 Å². The van der Waals surface area contributed by atoms with Crippen LogP contribution in [0.5, 0.6) is 0 Å². The maximum atomic E-state index is 14.0. The molecule has 0 amide bonds. The second-order valence-electron chi connectivity index (χ2n) is 8.10. The average Bonchev–Trinajstić information content (AvgIpc) is 2.66. The predicted octanol–water partition coefficient (Wildman–Crippen LogP) is 1.03. The van der Waals surface area contributed by atoms with Crippen molar-refractivity contribution >= 4 is 5.96 Å². The second-order valence-corrected chi connectivity index (χ2v) is 8.10. The number of nitrogens with one attached hydrogen (secondary N) is 2. The number of β-amino-alcohol motifs (C(OH)–C–C–N with tert-alkyl or cyclic N) is 1. The van der Waals surface area contributed by atoms with E-state index in [0.717, 1.165) is 18.7 Å². The molecule has 1 atom stereocenters. The second kappa shape index (κ2) is 11.4. The van der Waals surface area contributed by atoms with E-state index in [1.54, 1.807) is 6.07 Å². The van der Waals surface area contributed by atoms with Crippen LogP contribution >= 0.6 is 0 Å². The van der Waals surface area contributed by atoms with Gasteiger partial charge in [-0.05, 0) is 45.6 Å². The van der Waals surface area contributed by atoms with E-state index in [0.29, 0.717) is 57.5 Å². The Hall–Kier alpha value is -1.74. The lowest BCUT2D eigenvalue weighted by Crippen LogP contribution is -2.52. The quantitative estimate of drug-likeness (QED) is 0.418. The first-order valence-electron chi connectivity index (χ1n) is 10.3. The summed E-state index contributed by atoms with van der Waals surface area (Å²) in [5.41, 5.74) is 0.720. The fourth-order valence-corrected chi connectivity index (χ4v) is 3.27. The minimum absolute atomic E-state index is 0.198. The van der Waals surface area contributed by atoms with Crippen molar-refractivity contribution in [3.63, 3.8) is 0 Å². The van der Waals surface area contributed by atoms with Gasteiger partial charge in [0.25, 0.3) is 0 Å². The number of halogens is 1. The lowest BCUT2D eigenvalue weighted by Gasteiger charge is -2.34. The van der Waals surface area contributed by atoms with Gasteiger partial charge in [-0.1, -0.05) is 6.07 Å². The van der Waals surface area contributed by atoms with Gasteiger partial charge in [-0.15, -0.1) is 0 Å². The van der Waals surface area contributed by atoms with E-state index in [9.17, 15) is 9.50 Å². The van der Waals surface area contributed by atoms with Crippen molar-refractivity contribution in [1.29, 1.82) is 0 Å². The minimum atomic E-state index is -0.887. The molecule has 3 N–H and O–H groups in total. The summed E-state index contributed by atoms with van der Waals surface area (Å²) in [5.74, 6) is 0.434. The zero-order valence-corrected chi connectivity index (χ0v) is 18.2. The van der Waals surface area contributed by atoms with E-state index < -0.39 is 5.60 Å². The van der Waals surface area contributed by atoms with Crippen LogP contribution in [0.3, 0.4) is 0 Å². The topological polar surface area (TPSA) is 72.4 Å². The summed E-state index contributed by atoms with van der Waals surface area (Å²) >= 11 is 0. The number of guanidine groups is 1. The molecule has 7 nitrogen and oxygen atoms in total. The van der Waals surface area contributed by atoms with Crippen LogP contribution in [0.2, 0.25) is 0 Å². The highest BCUT2D eigenvalue weighted by Gasteiger charge is 2.25. The fraction of sp³-hybridized carbons (Fsp3) is 0.667. The van der Waals surface area contributed by atoms with E-state index in [2.05, 4.69) is 20.5 Å². The molecule has 0 spiro atoms. The van der Waals surface area contributed by atoms with Crippen LogP contribution in [0.1, 0.15) is 25.0 Å². The fourth-order valence-electron chi connectivity index (χ4n) is 3.27. The highest BCUT2D eigenvalue weighted by molar-refractivity contribution is 5.79. The molecule has 29 heavy (non-hydrogen) atoms. The average molecular weight is 410 g/mol. The molecule has 0 aromatic heterocycles. The number of rotatable bonds is 9. The third-order valence-corrected chi connectivity index (χ3v) is 4.67. The van der Waals surface area contributed by atoms with Gasteiger partial charge in [0, 0.05) is 44.8 Å². The van der Waals surface area contributed by atoms with Gasteiger partial charge in [0.2, 0.25) is 0 Å². The number of aliphatic hydroxyl groups is 1. The van der Waals surface area contributed by atoms with Gasteiger partial charge in [0.05, 0.1) is 25.4 Å². The number of hydrogen-bond acceptors (Lipinski definition) is 5. The zero-order valence-electron chi connectivity index (χ0n) is 18.2. The largest absolute Gasteiger partial charge is 0.387 e. The molecule has 0 radical (unpaired) electrons. The van der Waals surface area contributed by atoms with Crippen molar-refractivity contribution in [3.8, 4) is 0 Å². The molecule has 1 aromatic carbocycles. The predicted molar refractivity (Wildman–Crippen MR) is 114 cm³/mol. The normalized spacial score (nSPS) is 18.0. The Labute approximate surface area is 173 Å². The number of hydrogen-bond donors (Lipinski definition) is 3. The summed E-state index contributed by atoms with van der Waals surface area (Å²) in [6.07, 6.45) is 0. The van der Waals surface area contributed by atoms with Crippen molar-refractivity contribution in [1.82, 2.24) is 20.4 Å². The Morgan fingerprint density at radius 1 is 1.31 bits per heavy atom. The smallest absolute Gasteiger partial charge is 0.191 e. The number of nitrogens with zero attached hydrogens (tertiary/aromatic N) is 3. The van der Waals surface area contributed by atoms with E-state index in [1.165, 1.54) is 6.07 Å². The van der Waals surface area contributed by atoms with Gasteiger partial charge in [-0.25, -0.2) is 9.38 Å². The third-order valence-electron chi connectivity index (χ3n) is 4.67.